The third kappa shape index (κ3) is 2.53. The highest BCUT2D eigenvalue weighted by molar-refractivity contribution is 5.44. The van der Waals surface area contributed by atoms with Crippen molar-refractivity contribution in [1.29, 1.82) is 0 Å². The zero-order valence-electron chi connectivity index (χ0n) is 11.2. The smallest absolute Gasteiger partial charge is 0.133 e. The maximum Gasteiger partial charge on any atom is 0.133 e. The van der Waals surface area contributed by atoms with Crippen molar-refractivity contribution in [3.8, 4) is 17.2 Å². The van der Waals surface area contributed by atoms with E-state index in [4.69, 9.17) is 4.74 Å². The predicted octanol–water partition coefficient (Wildman–Crippen LogP) is 1.50. The molecule has 21 heavy (non-hydrogen) atoms. The van der Waals surface area contributed by atoms with E-state index in [1.807, 2.05) is 0 Å². The van der Waals surface area contributed by atoms with Gasteiger partial charge in [-0.15, -0.1) is 0 Å². The Labute approximate surface area is 121 Å². The standard InChI is InChI=1S/C16H16O5/c17-11-3-1-10(2-4-11)8-16(20)9-21-14-7-12(18)5-6-13(14)15(16)19/h1-7,15,17-20H,8-9H2/t15-,16-/m1/s1. The highest BCUT2D eigenvalue weighted by atomic mass is 16.5. The zero-order chi connectivity index (χ0) is 15.0. The SMILES string of the molecule is Oc1ccc(C[C@@]2(O)COc3cc(O)ccc3[C@H]2O)cc1. The van der Waals surface area contributed by atoms with Crippen molar-refractivity contribution < 1.29 is 25.2 Å². The van der Waals surface area contributed by atoms with Crippen molar-refractivity contribution in [3.63, 3.8) is 0 Å². The molecule has 5 heteroatoms. The first-order chi connectivity index (χ1) is 9.98. The number of aliphatic hydroxyl groups is 2. The van der Waals surface area contributed by atoms with Crippen molar-refractivity contribution in [2.75, 3.05) is 6.61 Å². The van der Waals surface area contributed by atoms with Crippen molar-refractivity contribution in [1.82, 2.24) is 0 Å². The number of benzene rings is 2. The van der Waals surface area contributed by atoms with Gasteiger partial charge in [0.15, 0.2) is 0 Å². The normalized spacial score (nSPS) is 24.2. The third-order valence-electron chi connectivity index (χ3n) is 3.72. The monoisotopic (exact) mass is 288 g/mol. The van der Waals surface area contributed by atoms with E-state index in [9.17, 15) is 20.4 Å². The summed E-state index contributed by atoms with van der Waals surface area (Å²) in [4.78, 5) is 0. The van der Waals surface area contributed by atoms with Gasteiger partial charge in [0.1, 0.15) is 35.6 Å². The summed E-state index contributed by atoms with van der Waals surface area (Å²) in [5.41, 5.74) is -0.235. The molecular weight excluding hydrogens is 272 g/mol. The fourth-order valence-corrected chi connectivity index (χ4v) is 2.56. The Bertz CT molecular complexity index is 652. The van der Waals surface area contributed by atoms with E-state index in [1.54, 1.807) is 12.1 Å². The molecule has 110 valence electrons. The van der Waals surface area contributed by atoms with E-state index >= 15 is 0 Å². The first kappa shape index (κ1) is 13.7. The fourth-order valence-electron chi connectivity index (χ4n) is 2.56. The fraction of sp³-hybridized carbons (Fsp3) is 0.250. The minimum atomic E-state index is -1.46. The van der Waals surface area contributed by atoms with E-state index in [1.165, 1.54) is 30.3 Å². The lowest BCUT2D eigenvalue weighted by atomic mass is 9.84. The molecule has 0 fully saturated rings. The number of aliphatic hydroxyl groups excluding tert-OH is 1. The molecular formula is C16H16O5. The molecule has 0 saturated carbocycles. The molecule has 0 radical (unpaired) electrons. The summed E-state index contributed by atoms with van der Waals surface area (Å²) in [5.74, 6) is 0.565. The van der Waals surface area contributed by atoms with Gasteiger partial charge in [-0.25, -0.2) is 0 Å². The number of phenols is 2. The molecule has 1 heterocycles. The molecule has 0 amide bonds. The Morgan fingerprint density at radius 2 is 1.71 bits per heavy atom. The van der Waals surface area contributed by atoms with Crippen LogP contribution >= 0.6 is 0 Å². The molecule has 2 aromatic carbocycles. The van der Waals surface area contributed by atoms with Crippen LogP contribution in [0.4, 0.5) is 0 Å². The molecule has 0 aliphatic carbocycles. The van der Waals surface area contributed by atoms with Crippen LogP contribution in [0.25, 0.3) is 0 Å². The van der Waals surface area contributed by atoms with Gasteiger partial charge in [0, 0.05) is 18.1 Å². The van der Waals surface area contributed by atoms with Crippen molar-refractivity contribution in [2.45, 2.75) is 18.1 Å². The Morgan fingerprint density at radius 1 is 1.05 bits per heavy atom. The highest BCUT2D eigenvalue weighted by Crippen LogP contribution is 2.40. The van der Waals surface area contributed by atoms with Gasteiger partial charge in [0.2, 0.25) is 0 Å². The minimum absolute atomic E-state index is 0.0462. The van der Waals surface area contributed by atoms with Crippen LogP contribution in [0.3, 0.4) is 0 Å². The van der Waals surface area contributed by atoms with Crippen LogP contribution in [0.1, 0.15) is 17.2 Å². The van der Waals surface area contributed by atoms with Crippen LogP contribution in [-0.4, -0.2) is 32.6 Å². The predicted molar refractivity (Wildman–Crippen MR) is 75.3 cm³/mol. The Morgan fingerprint density at radius 3 is 2.43 bits per heavy atom. The van der Waals surface area contributed by atoms with Gasteiger partial charge < -0.3 is 25.2 Å². The van der Waals surface area contributed by atoms with Gasteiger partial charge in [-0.3, -0.25) is 0 Å². The van der Waals surface area contributed by atoms with E-state index < -0.39 is 11.7 Å². The van der Waals surface area contributed by atoms with Crippen LogP contribution in [0, 0.1) is 0 Å². The molecule has 2 aromatic rings. The second-order valence-corrected chi connectivity index (χ2v) is 5.36. The van der Waals surface area contributed by atoms with E-state index in [2.05, 4.69) is 0 Å². The van der Waals surface area contributed by atoms with Crippen LogP contribution in [0.2, 0.25) is 0 Å². The topological polar surface area (TPSA) is 90.2 Å². The second kappa shape index (κ2) is 4.95. The molecule has 0 aromatic heterocycles. The van der Waals surface area contributed by atoms with Gasteiger partial charge in [-0.05, 0) is 29.8 Å². The summed E-state index contributed by atoms with van der Waals surface area (Å²) in [6.07, 6.45) is -0.926. The summed E-state index contributed by atoms with van der Waals surface area (Å²) in [6, 6.07) is 10.8. The van der Waals surface area contributed by atoms with Crippen molar-refractivity contribution >= 4 is 0 Å². The third-order valence-corrected chi connectivity index (χ3v) is 3.72. The highest BCUT2D eigenvalue weighted by Gasteiger charge is 2.42. The quantitative estimate of drug-likeness (QED) is 0.672. The molecule has 1 aliphatic heterocycles. The molecule has 5 nitrogen and oxygen atoms in total. The summed E-state index contributed by atoms with van der Waals surface area (Å²) in [5, 5.41) is 39.8. The number of ether oxygens (including phenoxy) is 1. The molecule has 0 unspecified atom stereocenters. The minimum Gasteiger partial charge on any atom is -0.508 e. The first-order valence-electron chi connectivity index (χ1n) is 6.62. The van der Waals surface area contributed by atoms with Crippen LogP contribution < -0.4 is 4.74 Å². The molecule has 2 atom stereocenters. The summed E-state index contributed by atoms with van der Waals surface area (Å²) >= 11 is 0. The zero-order valence-corrected chi connectivity index (χ0v) is 11.2. The Balaban J connectivity index is 1.88. The average molecular weight is 288 g/mol. The van der Waals surface area contributed by atoms with Gasteiger partial charge in [0.25, 0.3) is 0 Å². The largest absolute Gasteiger partial charge is 0.508 e. The molecule has 0 spiro atoms. The molecule has 3 rings (SSSR count). The van der Waals surface area contributed by atoms with E-state index in [0.717, 1.165) is 5.56 Å². The molecule has 0 bridgehead atoms. The molecule has 0 saturated heterocycles. The number of rotatable bonds is 2. The average Bonchev–Trinajstić information content (AvgIpc) is 2.46. The number of phenolic OH excluding ortho intramolecular Hbond substituents is 2. The number of aromatic hydroxyl groups is 2. The van der Waals surface area contributed by atoms with Crippen molar-refractivity contribution in [3.05, 3.63) is 53.6 Å². The maximum atomic E-state index is 10.7. The lowest BCUT2D eigenvalue weighted by molar-refractivity contribution is -0.114. The van der Waals surface area contributed by atoms with E-state index in [-0.39, 0.29) is 24.5 Å². The van der Waals surface area contributed by atoms with Gasteiger partial charge in [-0.1, -0.05) is 12.1 Å². The Hall–Kier alpha value is -2.24. The van der Waals surface area contributed by atoms with Crippen LogP contribution in [0.15, 0.2) is 42.5 Å². The number of fused-ring (bicyclic) bond motifs is 1. The Kier molecular flexibility index (Phi) is 3.23. The number of hydrogen-bond acceptors (Lipinski definition) is 5. The lowest BCUT2D eigenvalue weighted by Gasteiger charge is -2.38. The molecule has 1 aliphatic rings. The first-order valence-corrected chi connectivity index (χ1v) is 6.62. The van der Waals surface area contributed by atoms with Crippen LogP contribution in [-0.2, 0) is 6.42 Å². The summed E-state index contributed by atoms with van der Waals surface area (Å²) < 4.78 is 5.47. The van der Waals surface area contributed by atoms with Crippen molar-refractivity contribution in [2.24, 2.45) is 0 Å². The van der Waals surface area contributed by atoms with Crippen LogP contribution in [0.5, 0.6) is 17.2 Å². The van der Waals surface area contributed by atoms with Gasteiger partial charge in [-0.2, -0.15) is 0 Å². The van der Waals surface area contributed by atoms with E-state index in [0.29, 0.717) is 11.3 Å². The second-order valence-electron chi connectivity index (χ2n) is 5.36. The summed E-state index contributed by atoms with van der Waals surface area (Å²) in [7, 11) is 0. The van der Waals surface area contributed by atoms with Gasteiger partial charge >= 0.3 is 0 Å². The summed E-state index contributed by atoms with van der Waals surface area (Å²) in [6.45, 7) is -0.0779. The molecule has 4 N–H and O–H groups in total. The van der Waals surface area contributed by atoms with Gasteiger partial charge in [0.05, 0.1) is 0 Å². The lowest BCUT2D eigenvalue weighted by Crippen LogP contribution is -2.47. The number of hydrogen-bond donors (Lipinski definition) is 4. The maximum absolute atomic E-state index is 10.7.